The molecule has 2 aliphatic carbocycles. The summed E-state index contributed by atoms with van der Waals surface area (Å²) in [5, 5.41) is 9.05. The zero-order chi connectivity index (χ0) is 24.5. The lowest BCUT2D eigenvalue weighted by Crippen LogP contribution is -2.18. The summed E-state index contributed by atoms with van der Waals surface area (Å²) >= 11 is 0. The molecule has 0 aliphatic heterocycles. The second-order valence-corrected chi connectivity index (χ2v) is 9.75. The van der Waals surface area contributed by atoms with Crippen LogP contribution in [0.5, 0.6) is 17.2 Å². The fourth-order valence-corrected chi connectivity index (χ4v) is 5.52. The molecule has 0 spiro atoms. The Labute approximate surface area is 205 Å². The van der Waals surface area contributed by atoms with Crippen LogP contribution < -0.4 is 9.47 Å². The van der Waals surface area contributed by atoms with E-state index in [1.165, 1.54) is 37.8 Å². The first-order valence-electron chi connectivity index (χ1n) is 12.3. The van der Waals surface area contributed by atoms with Gasteiger partial charge in [0.15, 0.2) is 5.78 Å². The third-order valence-corrected chi connectivity index (χ3v) is 7.56. The van der Waals surface area contributed by atoms with E-state index in [9.17, 15) is 9.59 Å². The van der Waals surface area contributed by atoms with Gasteiger partial charge >= 0.3 is 5.97 Å². The number of carboxylic acids is 1. The third-order valence-electron chi connectivity index (χ3n) is 7.56. The number of aromatic carboxylic acids is 1. The maximum Gasteiger partial charge on any atom is 0.335 e. The van der Waals surface area contributed by atoms with Crippen LogP contribution in [-0.2, 0) is 13.0 Å². The molecule has 5 rings (SSSR count). The normalized spacial score (nSPS) is 17.4. The lowest BCUT2D eigenvalue weighted by Gasteiger charge is -2.16. The van der Waals surface area contributed by atoms with Crippen LogP contribution in [0, 0.1) is 25.7 Å². The van der Waals surface area contributed by atoms with Gasteiger partial charge in [0.2, 0.25) is 0 Å². The van der Waals surface area contributed by atoms with Gasteiger partial charge in [-0.2, -0.15) is 0 Å². The van der Waals surface area contributed by atoms with Crippen molar-refractivity contribution in [1.82, 2.24) is 0 Å². The van der Waals surface area contributed by atoms with Crippen LogP contribution in [-0.4, -0.2) is 16.9 Å². The van der Waals surface area contributed by atoms with Crippen LogP contribution in [0.4, 0.5) is 0 Å². The number of Topliss-reactive ketones (excluding diaryl/α,β-unsaturated/α-hetero) is 1. The lowest BCUT2D eigenvalue weighted by molar-refractivity contribution is 0.0696. The van der Waals surface area contributed by atoms with E-state index in [1.54, 1.807) is 12.1 Å². The highest BCUT2D eigenvalue weighted by Crippen LogP contribution is 2.43. The van der Waals surface area contributed by atoms with Gasteiger partial charge in [-0.3, -0.25) is 4.79 Å². The fraction of sp³-hybridized carbons (Fsp3) is 0.333. The molecule has 0 saturated heterocycles. The molecule has 3 aromatic carbocycles. The molecule has 0 heterocycles. The second-order valence-electron chi connectivity index (χ2n) is 9.75. The summed E-state index contributed by atoms with van der Waals surface area (Å²) in [6, 6.07) is 16.1. The van der Waals surface area contributed by atoms with Gasteiger partial charge in [-0.25, -0.2) is 4.79 Å². The van der Waals surface area contributed by atoms with Crippen molar-refractivity contribution in [2.45, 2.75) is 52.6 Å². The van der Waals surface area contributed by atoms with E-state index < -0.39 is 5.97 Å². The van der Waals surface area contributed by atoms with Crippen LogP contribution in [0.3, 0.4) is 0 Å². The Morgan fingerprint density at radius 3 is 2.43 bits per heavy atom. The van der Waals surface area contributed by atoms with Crippen molar-refractivity contribution in [2.24, 2.45) is 11.8 Å². The van der Waals surface area contributed by atoms with E-state index in [2.05, 4.69) is 6.07 Å². The first-order chi connectivity index (χ1) is 16.9. The number of ether oxygens (including phenoxy) is 2. The third kappa shape index (κ3) is 4.68. The minimum atomic E-state index is -0.966. The van der Waals surface area contributed by atoms with Crippen LogP contribution in [0.15, 0.2) is 54.6 Å². The molecule has 1 unspecified atom stereocenters. The van der Waals surface area contributed by atoms with Gasteiger partial charge in [-0.15, -0.1) is 0 Å². The minimum absolute atomic E-state index is 0.138. The predicted molar refractivity (Wildman–Crippen MR) is 134 cm³/mol. The Kier molecular flexibility index (Phi) is 6.33. The molecule has 3 aromatic rings. The predicted octanol–water partition coefficient (Wildman–Crippen LogP) is 6.92. The van der Waals surface area contributed by atoms with Crippen molar-refractivity contribution in [1.29, 1.82) is 0 Å². The summed E-state index contributed by atoms with van der Waals surface area (Å²) < 4.78 is 12.1. The number of ketones is 1. The molecule has 35 heavy (non-hydrogen) atoms. The maximum absolute atomic E-state index is 13.2. The summed E-state index contributed by atoms with van der Waals surface area (Å²) in [4.78, 5) is 24.2. The Bertz CT molecular complexity index is 1270. The molecular weight excluding hydrogens is 440 g/mol. The molecule has 1 atom stereocenters. The number of fused-ring (bicyclic) bond motifs is 1. The van der Waals surface area contributed by atoms with E-state index in [1.807, 2.05) is 38.1 Å². The van der Waals surface area contributed by atoms with Gasteiger partial charge in [0.05, 0.1) is 5.56 Å². The second kappa shape index (κ2) is 9.57. The Hall–Kier alpha value is -3.60. The van der Waals surface area contributed by atoms with E-state index in [4.69, 9.17) is 14.6 Å². The first-order valence-corrected chi connectivity index (χ1v) is 12.3. The largest absolute Gasteiger partial charge is 0.489 e. The summed E-state index contributed by atoms with van der Waals surface area (Å²) in [5.41, 5.74) is 5.31. The molecule has 1 fully saturated rings. The number of benzene rings is 3. The van der Waals surface area contributed by atoms with Crippen LogP contribution >= 0.6 is 0 Å². The Balaban J connectivity index is 1.29. The van der Waals surface area contributed by atoms with Gasteiger partial charge < -0.3 is 14.6 Å². The van der Waals surface area contributed by atoms with Gasteiger partial charge in [0, 0.05) is 11.5 Å². The van der Waals surface area contributed by atoms with Crippen LogP contribution in [0.25, 0.3) is 0 Å². The molecule has 180 valence electrons. The molecule has 0 amide bonds. The van der Waals surface area contributed by atoms with Gasteiger partial charge in [-0.1, -0.05) is 25.0 Å². The molecule has 0 bridgehead atoms. The van der Waals surface area contributed by atoms with Crippen molar-refractivity contribution in [2.75, 3.05) is 0 Å². The number of hydrogen-bond donors (Lipinski definition) is 1. The number of carbonyl (C=O) groups excluding carboxylic acids is 1. The average Bonchev–Trinajstić information content (AvgIpc) is 3.49. The zero-order valence-corrected chi connectivity index (χ0v) is 20.2. The average molecular weight is 471 g/mol. The highest BCUT2D eigenvalue weighted by Gasteiger charge is 2.39. The van der Waals surface area contributed by atoms with Gasteiger partial charge in [0.25, 0.3) is 0 Å². The molecule has 5 heteroatoms. The Morgan fingerprint density at radius 2 is 1.71 bits per heavy atom. The molecule has 0 radical (unpaired) electrons. The number of carboxylic acid groups (broad SMARTS) is 1. The van der Waals surface area contributed by atoms with Gasteiger partial charge in [0.1, 0.15) is 23.9 Å². The van der Waals surface area contributed by atoms with E-state index in [0.29, 0.717) is 29.8 Å². The molecular formula is C30H30O5. The Morgan fingerprint density at radius 1 is 0.971 bits per heavy atom. The standard InChI is InChI=1S/C30H30O5/c1-18-19(2)28-23(15-26(29(28)31)21-7-3-4-8-21)16-27(18)34-17-20-6-5-9-25(14-20)35-24-12-10-22(11-13-24)30(32)33/h5-6,9-14,16,21,26H,3-4,7-8,15,17H2,1-2H3,(H,32,33). The summed E-state index contributed by atoms with van der Waals surface area (Å²) in [6.07, 6.45) is 5.67. The van der Waals surface area contributed by atoms with Gasteiger partial charge in [-0.05, 0) is 104 Å². The number of hydrogen-bond acceptors (Lipinski definition) is 4. The van der Waals surface area contributed by atoms with Crippen molar-refractivity contribution in [3.05, 3.63) is 88.0 Å². The van der Waals surface area contributed by atoms with Crippen molar-refractivity contribution in [3.8, 4) is 17.2 Å². The van der Waals surface area contributed by atoms with Crippen LogP contribution in [0.1, 0.15) is 68.7 Å². The summed E-state index contributed by atoms with van der Waals surface area (Å²) in [7, 11) is 0. The molecule has 1 N–H and O–H groups in total. The first kappa shape index (κ1) is 23.2. The zero-order valence-electron chi connectivity index (χ0n) is 20.2. The topological polar surface area (TPSA) is 72.8 Å². The highest BCUT2D eigenvalue weighted by molar-refractivity contribution is 6.04. The summed E-state index contributed by atoms with van der Waals surface area (Å²) in [6.45, 7) is 4.45. The van der Waals surface area contributed by atoms with Crippen LogP contribution in [0.2, 0.25) is 0 Å². The number of rotatable bonds is 7. The van der Waals surface area contributed by atoms with Crippen molar-refractivity contribution < 1.29 is 24.2 Å². The molecule has 5 nitrogen and oxygen atoms in total. The van der Waals surface area contributed by atoms with E-state index in [0.717, 1.165) is 40.0 Å². The maximum atomic E-state index is 13.2. The molecule has 1 saturated carbocycles. The molecule has 0 aromatic heterocycles. The quantitative estimate of drug-likeness (QED) is 0.406. The smallest absolute Gasteiger partial charge is 0.335 e. The minimum Gasteiger partial charge on any atom is -0.489 e. The van der Waals surface area contributed by atoms with Crippen molar-refractivity contribution >= 4 is 11.8 Å². The lowest BCUT2D eigenvalue weighted by atomic mass is 9.87. The fourth-order valence-electron chi connectivity index (χ4n) is 5.52. The van der Waals surface area contributed by atoms with Crippen molar-refractivity contribution in [3.63, 3.8) is 0 Å². The SMILES string of the molecule is Cc1c(OCc2cccc(Oc3ccc(C(=O)O)cc3)c2)cc2c(c1C)C(=O)C(C1CCCC1)C2. The monoisotopic (exact) mass is 470 g/mol. The number of carbonyl (C=O) groups is 2. The van der Waals surface area contributed by atoms with E-state index >= 15 is 0 Å². The summed E-state index contributed by atoms with van der Waals surface area (Å²) in [5.74, 6) is 2.09. The van der Waals surface area contributed by atoms with E-state index in [-0.39, 0.29) is 11.5 Å². The highest BCUT2D eigenvalue weighted by atomic mass is 16.5. The molecule has 2 aliphatic rings.